The smallest absolute Gasteiger partial charge is 0.242 e. The van der Waals surface area contributed by atoms with Crippen molar-refractivity contribution in [1.29, 1.82) is 0 Å². The number of hydrogen-bond acceptors (Lipinski definition) is 5. The van der Waals surface area contributed by atoms with E-state index in [1.807, 2.05) is 18.2 Å². The molecule has 0 amide bonds. The number of fused-ring (bicyclic) bond motifs is 1. The minimum Gasteiger partial charge on any atom is -0.283 e. The summed E-state index contributed by atoms with van der Waals surface area (Å²) in [5.74, 6) is -0.414. The van der Waals surface area contributed by atoms with Crippen LogP contribution in [0.15, 0.2) is 51.3 Å². The van der Waals surface area contributed by atoms with E-state index in [0.29, 0.717) is 10.0 Å². The van der Waals surface area contributed by atoms with E-state index in [0.717, 1.165) is 26.5 Å². The monoisotopic (exact) mass is 432 g/mol. The Morgan fingerprint density at radius 1 is 1.22 bits per heavy atom. The van der Waals surface area contributed by atoms with Gasteiger partial charge < -0.3 is 0 Å². The molecule has 0 saturated heterocycles. The maximum Gasteiger partial charge on any atom is 0.242 e. The Bertz CT molecular complexity index is 942. The molecule has 0 aliphatic carbocycles. The predicted octanol–water partition coefficient (Wildman–Crippen LogP) is 4.69. The third kappa shape index (κ3) is 4.43. The number of aromatic nitrogens is 1. The van der Waals surface area contributed by atoms with Crippen LogP contribution in [0.1, 0.15) is 0 Å². The van der Waals surface area contributed by atoms with E-state index in [4.69, 9.17) is 0 Å². The lowest BCUT2D eigenvalue weighted by atomic mass is 10.3. The molecule has 120 valence electrons. The van der Waals surface area contributed by atoms with Crippen molar-refractivity contribution in [3.05, 3.63) is 52.8 Å². The molecule has 0 fully saturated rings. The fraction of sp³-hybridized carbons (Fsp3) is 0.0714. The molecule has 23 heavy (non-hydrogen) atoms. The van der Waals surface area contributed by atoms with Crippen LogP contribution in [-0.4, -0.2) is 18.5 Å². The fourth-order valence-electron chi connectivity index (χ4n) is 1.79. The Morgan fingerprint density at radius 3 is 2.70 bits per heavy atom. The molecule has 3 rings (SSSR count). The normalized spacial score (nSPS) is 11.7. The summed E-state index contributed by atoms with van der Waals surface area (Å²) in [7, 11) is -3.54. The van der Waals surface area contributed by atoms with E-state index in [1.165, 1.54) is 35.6 Å². The van der Waals surface area contributed by atoms with Crippen LogP contribution in [0.4, 0.5) is 10.1 Å². The first-order valence-corrected chi connectivity index (χ1v) is 10.6. The zero-order valence-corrected chi connectivity index (χ0v) is 15.5. The van der Waals surface area contributed by atoms with Crippen molar-refractivity contribution < 1.29 is 12.8 Å². The fourth-order valence-corrected chi connectivity index (χ4v) is 5.90. The number of thioether (sulfide) groups is 1. The van der Waals surface area contributed by atoms with E-state index in [2.05, 4.69) is 25.6 Å². The number of anilines is 1. The van der Waals surface area contributed by atoms with Gasteiger partial charge in [-0.3, -0.25) is 4.72 Å². The highest BCUT2D eigenvalue weighted by molar-refractivity contribution is 9.10. The van der Waals surface area contributed by atoms with Crippen LogP contribution in [0.2, 0.25) is 0 Å². The molecular weight excluding hydrogens is 423 g/mol. The van der Waals surface area contributed by atoms with Crippen molar-refractivity contribution in [3.63, 3.8) is 0 Å². The number of sulfonamides is 1. The van der Waals surface area contributed by atoms with Gasteiger partial charge in [-0.2, -0.15) is 0 Å². The van der Waals surface area contributed by atoms with E-state index >= 15 is 0 Å². The largest absolute Gasteiger partial charge is 0.283 e. The SMILES string of the molecule is O=S(=O)(CSc1nc2ccc(Br)cc2s1)Nc1ccc(F)cc1. The van der Waals surface area contributed by atoms with Gasteiger partial charge >= 0.3 is 0 Å². The van der Waals surface area contributed by atoms with E-state index in [9.17, 15) is 12.8 Å². The Kier molecular flexibility index (Phi) is 4.90. The Labute approximate surface area is 149 Å². The average molecular weight is 433 g/mol. The third-order valence-electron chi connectivity index (χ3n) is 2.79. The molecule has 0 radical (unpaired) electrons. The number of hydrogen-bond donors (Lipinski definition) is 1. The van der Waals surface area contributed by atoms with Crippen LogP contribution in [-0.2, 0) is 10.0 Å². The number of halogens is 2. The molecule has 0 unspecified atom stereocenters. The standard InChI is InChI=1S/C14H10BrFN2O2S3/c15-9-1-6-12-13(7-9)22-14(17-12)21-8-23(19,20)18-11-4-2-10(16)3-5-11/h1-7,18H,8H2. The van der Waals surface area contributed by atoms with Crippen molar-refractivity contribution in [1.82, 2.24) is 4.98 Å². The third-order valence-corrected chi connectivity index (χ3v) is 7.29. The second-order valence-electron chi connectivity index (χ2n) is 4.58. The summed E-state index contributed by atoms with van der Waals surface area (Å²) >= 11 is 5.98. The summed E-state index contributed by atoms with van der Waals surface area (Å²) in [4.78, 5) is 4.39. The summed E-state index contributed by atoms with van der Waals surface area (Å²) in [6.45, 7) is 0. The van der Waals surface area contributed by atoms with Gasteiger partial charge in [-0.15, -0.1) is 11.3 Å². The second-order valence-corrected chi connectivity index (χ2v) is 9.83. The second kappa shape index (κ2) is 6.76. The Morgan fingerprint density at radius 2 is 1.96 bits per heavy atom. The minimum absolute atomic E-state index is 0.161. The zero-order valence-electron chi connectivity index (χ0n) is 11.5. The number of nitrogens with zero attached hydrogens (tertiary/aromatic N) is 1. The molecule has 2 aromatic carbocycles. The minimum atomic E-state index is -3.54. The van der Waals surface area contributed by atoms with Crippen LogP contribution in [0, 0.1) is 5.82 Å². The molecule has 0 atom stereocenters. The molecule has 0 aliphatic rings. The highest BCUT2D eigenvalue weighted by Crippen LogP contribution is 2.32. The number of nitrogens with one attached hydrogen (secondary N) is 1. The van der Waals surface area contributed by atoms with Crippen LogP contribution in [0.5, 0.6) is 0 Å². The van der Waals surface area contributed by atoms with Gasteiger partial charge in [0.2, 0.25) is 10.0 Å². The van der Waals surface area contributed by atoms with E-state index in [-0.39, 0.29) is 5.08 Å². The van der Waals surface area contributed by atoms with E-state index < -0.39 is 15.8 Å². The number of rotatable bonds is 5. The summed E-state index contributed by atoms with van der Waals surface area (Å²) in [6, 6.07) is 10.9. The molecule has 9 heteroatoms. The molecule has 0 aliphatic heterocycles. The average Bonchev–Trinajstić information content (AvgIpc) is 2.89. The van der Waals surface area contributed by atoms with Gasteiger partial charge in [0.1, 0.15) is 10.9 Å². The van der Waals surface area contributed by atoms with Crippen molar-refractivity contribution in [3.8, 4) is 0 Å². The molecule has 3 aromatic rings. The highest BCUT2D eigenvalue weighted by Gasteiger charge is 2.14. The van der Waals surface area contributed by atoms with Crippen molar-refractivity contribution in [2.45, 2.75) is 4.34 Å². The van der Waals surface area contributed by atoms with Gasteiger partial charge in [0.05, 0.1) is 10.2 Å². The molecule has 1 aromatic heterocycles. The van der Waals surface area contributed by atoms with Gasteiger partial charge in [-0.05, 0) is 42.5 Å². The lowest BCUT2D eigenvalue weighted by molar-refractivity contribution is 0.605. The summed E-state index contributed by atoms with van der Waals surface area (Å²) in [6.07, 6.45) is 0. The first-order chi connectivity index (χ1) is 10.9. The number of thiazole rings is 1. The van der Waals surface area contributed by atoms with Gasteiger partial charge in [-0.25, -0.2) is 17.8 Å². The lowest BCUT2D eigenvalue weighted by Gasteiger charge is -2.06. The Balaban J connectivity index is 1.69. The van der Waals surface area contributed by atoms with Gasteiger partial charge in [0.25, 0.3) is 0 Å². The van der Waals surface area contributed by atoms with E-state index in [1.54, 1.807) is 0 Å². The number of benzene rings is 2. The summed E-state index contributed by atoms with van der Waals surface area (Å²) < 4.78 is 42.0. The van der Waals surface area contributed by atoms with Crippen LogP contribution in [0.25, 0.3) is 10.2 Å². The summed E-state index contributed by atoms with van der Waals surface area (Å²) in [5, 5.41) is -0.161. The first-order valence-electron chi connectivity index (χ1n) is 6.36. The molecule has 0 saturated carbocycles. The topological polar surface area (TPSA) is 59.1 Å². The quantitative estimate of drug-likeness (QED) is 0.594. The highest BCUT2D eigenvalue weighted by atomic mass is 79.9. The molecule has 0 bridgehead atoms. The van der Waals surface area contributed by atoms with Crippen molar-refractivity contribution in [2.24, 2.45) is 0 Å². The van der Waals surface area contributed by atoms with Gasteiger partial charge in [-0.1, -0.05) is 27.7 Å². The van der Waals surface area contributed by atoms with Crippen molar-refractivity contribution in [2.75, 3.05) is 9.81 Å². The van der Waals surface area contributed by atoms with Gasteiger partial charge in [0.15, 0.2) is 4.34 Å². The Hall–Kier alpha value is -1.16. The molecule has 4 nitrogen and oxygen atoms in total. The van der Waals surface area contributed by atoms with Crippen LogP contribution in [0.3, 0.4) is 0 Å². The lowest BCUT2D eigenvalue weighted by Crippen LogP contribution is -2.14. The zero-order chi connectivity index (χ0) is 16.4. The maximum atomic E-state index is 12.8. The maximum absolute atomic E-state index is 12.8. The summed E-state index contributed by atoms with van der Waals surface area (Å²) in [5.41, 5.74) is 1.17. The molecule has 1 heterocycles. The van der Waals surface area contributed by atoms with Crippen LogP contribution >= 0.6 is 39.0 Å². The van der Waals surface area contributed by atoms with Gasteiger partial charge in [0, 0.05) is 10.2 Å². The first kappa shape index (κ1) is 16.7. The van der Waals surface area contributed by atoms with Crippen molar-refractivity contribution >= 4 is 65.0 Å². The predicted molar refractivity (Wildman–Crippen MR) is 97.0 cm³/mol. The molecule has 0 spiro atoms. The van der Waals surface area contributed by atoms with Crippen LogP contribution < -0.4 is 4.72 Å². The molecule has 1 N–H and O–H groups in total. The molecular formula is C14H10BrFN2O2S3.